The largest absolute Gasteiger partial charge is 0.481 e. The number of nitrogens with two attached hydrogens (primary N) is 1. The number of ether oxygens (including phenoxy) is 1. The van der Waals surface area contributed by atoms with E-state index in [1.165, 1.54) is 7.11 Å². The lowest BCUT2D eigenvalue weighted by atomic mass is 10.0. The van der Waals surface area contributed by atoms with Gasteiger partial charge in [0.25, 0.3) is 5.91 Å². The van der Waals surface area contributed by atoms with Crippen LogP contribution < -0.4 is 11.1 Å². The van der Waals surface area contributed by atoms with Gasteiger partial charge in [-0.25, -0.2) is 0 Å². The SMILES string of the molecule is COC(CNC(=O)c1ccccc1CCN)CC(=O)O. The number of hydrogen-bond donors (Lipinski definition) is 3. The number of amides is 1. The number of aliphatic carboxylic acids is 1. The standard InChI is InChI=1S/C14H20N2O4/c1-20-11(8-13(17)18)9-16-14(19)12-5-3-2-4-10(12)6-7-15/h2-5,11H,6-9,15H2,1H3,(H,16,19)(H,17,18). The maximum absolute atomic E-state index is 12.1. The number of nitrogens with one attached hydrogen (secondary N) is 1. The van der Waals surface area contributed by atoms with Crippen LogP contribution in [0.5, 0.6) is 0 Å². The second-order valence-corrected chi connectivity index (χ2v) is 4.36. The molecular weight excluding hydrogens is 260 g/mol. The van der Waals surface area contributed by atoms with E-state index in [-0.39, 0.29) is 18.9 Å². The van der Waals surface area contributed by atoms with Gasteiger partial charge < -0.3 is 20.9 Å². The van der Waals surface area contributed by atoms with Gasteiger partial charge in [-0.3, -0.25) is 9.59 Å². The van der Waals surface area contributed by atoms with Gasteiger partial charge in [-0.15, -0.1) is 0 Å². The number of benzene rings is 1. The van der Waals surface area contributed by atoms with Crippen LogP contribution in [0.25, 0.3) is 0 Å². The van der Waals surface area contributed by atoms with Crippen molar-refractivity contribution in [2.45, 2.75) is 18.9 Å². The molecule has 1 aromatic carbocycles. The van der Waals surface area contributed by atoms with Crippen LogP contribution in [0.15, 0.2) is 24.3 Å². The minimum atomic E-state index is -0.963. The van der Waals surface area contributed by atoms with E-state index in [2.05, 4.69) is 5.32 Å². The van der Waals surface area contributed by atoms with Crippen molar-refractivity contribution < 1.29 is 19.4 Å². The highest BCUT2D eigenvalue weighted by Crippen LogP contribution is 2.09. The van der Waals surface area contributed by atoms with E-state index in [1.54, 1.807) is 12.1 Å². The van der Waals surface area contributed by atoms with E-state index in [1.807, 2.05) is 12.1 Å². The molecule has 0 aliphatic carbocycles. The lowest BCUT2D eigenvalue weighted by Gasteiger charge is -2.15. The molecule has 1 atom stereocenters. The Labute approximate surface area is 117 Å². The first-order chi connectivity index (χ1) is 9.58. The summed E-state index contributed by atoms with van der Waals surface area (Å²) in [7, 11) is 1.42. The molecular formula is C14H20N2O4. The van der Waals surface area contributed by atoms with Crippen molar-refractivity contribution in [3.8, 4) is 0 Å². The molecule has 1 amide bonds. The van der Waals surface area contributed by atoms with E-state index in [0.29, 0.717) is 18.5 Å². The Balaban J connectivity index is 2.64. The van der Waals surface area contributed by atoms with Crippen LogP contribution in [-0.4, -0.2) is 43.3 Å². The van der Waals surface area contributed by atoms with Crippen LogP contribution in [0.4, 0.5) is 0 Å². The van der Waals surface area contributed by atoms with Crippen LogP contribution >= 0.6 is 0 Å². The third-order valence-electron chi connectivity index (χ3n) is 2.90. The number of rotatable bonds is 8. The molecule has 0 heterocycles. The summed E-state index contributed by atoms with van der Waals surface area (Å²) in [5, 5.41) is 11.4. The molecule has 0 aliphatic rings. The van der Waals surface area contributed by atoms with Gasteiger partial charge >= 0.3 is 5.97 Å². The molecule has 20 heavy (non-hydrogen) atoms. The van der Waals surface area contributed by atoms with Crippen molar-refractivity contribution >= 4 is 11.9 Å². The predicted molar refractivity (Wildman–Crippen MR) is 74.6 cm³/mol. The van der Waals surface area contributed by atoms with E-state index < -0.39 is 12.1 Å². The summed E-state index contributed by atoms with van der Waals surface area (Å²) >= 11 is 0. The number of hydrogen-bond acceptors (Lipinski definition) is 4. The Kier molecular flexibility index (Phi) is 6.69. The Morgan fingerprint density at radius 3 is 2.70 bits per heavy atom. The number of carbonyl (C=O) groups is 2. The fourth-order valence-electron chi connectivity index (χ4n) is 1.85. The minimum Gasteiger partial charge on any atom is -0.481 e. The molecule has 6 nitrogen and oxygen atoms in total. The summed E-state index contributed by atoms with van der Waals surface area (Å²) in [6.45, 7) is 0.614. The number of methoxy groups -OCH3 is 1. The number of carboxylic acid groups (broad SMARTS) is 1. The summed E-state index contributed by atoms with van der Waals surface area (Å²) in [5.41, 5.74) is 6.94. The average molecular weight is 280 g/mol. The molecule has 6 heteroatoms. The molecule has 0 saturated heterocycles. The Morgan fingerprint density at radius 2 is 2.10 bits per heavy atom. The first-order valence-corrected chi connectivity index (χ1v) is 6.39. The van der Waals surface area contributed by atoms with E-state index in [4.69, 9.17) is 15.6 Å². The second kappa shape index (κ2) is 8.29. The number of carbonyl (C=O) groups excluding carboxylic acids is 1. The zero-order valence-electron chi connectivity index (χ0n) is 11.5. The smallest absolute Gasteiger partial charge is 0.306 e. The fraction of sp³-hybridized carbons (Fsp3) is 0.429. The van der Waals surface area contributed by atoms with Gasteiger partial charge in [0.05, 0.1) is 12.5 Å². The fourth-order valence-corrected chi connectivity index (χ4v) is 1.85. The van der Waals surface area contributed by atoms with E-state index in [0.717, 1.165) is 5.56 Å². The van der Waals surface area contributed by atoms with Crippen molar-refractivity contribution in [3.05, 3.63) is 35.4 Å². The molecule has 0 aromatic heterocycles. The van der Waals surface area contributed by atoms with Crippen molar-refractivity contribution in [2.75, 3.05) is 20.2 Å². The molecule has 1 rings (SSSR count). The molecule has 110 valence electrons. The Hall–Kier alpha value is -1.92. The Bertz CT molecular complexity index is 462. The average Bonchev–Trinajstić information content (AvgIpc) is 2.43. The first kappa shape index (κ1) is 16.1. The van der Waals surface area contributed by atoms with Crippen LogP contribution in [0, 0.1) is 0 Å². The molecule has 1 unspecified atom stereocenters. The lowest BCUT2D eigenvalue weighted by Crippen LogP contribution is -2.35. The minimum absolute atomic E-state index is 0.151. The van der Waals surface area contributed by atoms with Gasteiger partial charge in [0.15, 0.2) is 0 Å². The van der Waals surface area contributed by atoms with Crippen LogP contribution in [0.2, 0.25) is 0 Å². The quantitative estimate of drug-likeness (QED) is 0.640. The summed E-state index contributed by atoms with van der Waals surface area (Å²) in [6.07, 6.45) is -0.0775. The molecule has 4 N–H and O–H groups in total. The topological polar surface area (TPSA) is 102 Å². The molecule has 0 bridgehead atoms. The van der Waals surface area contributed by atoms with Crippen LogP contribution in [0.3, 0.4) is 0 Å². The zero-order valence-corrected chi connectivity index (χ0v) is 11.5. The summed E-state index contributed by atoms with van der Waals surface area (Å²) < 4.78 is 5.01. The zero-order chi connectivity index (χ0) is 15.0. The lowest BCUT2D eigenvalue weighted by molar-refractivity contribution is -0.139. The highest BCUT2D eigenvalue weighted by Gasteiger charge is 2.15. The molecule has 0 saturated carbocycles. The third kappa shape index (κ3) is 4.99. The van der Waals surface area contributed by atoms with Gasteiger partial charge in [-0.05, 0) is 24.6 Å². The van der Waals surface area contributed by atoms with Gasteiger partial charge in [-0.1, -0.05) is 18.2 Å². The normalized spacial score (nSPS) is 11.9. The molecule has 1 aromatic rings. The predicted octanol–water partition coefficient (Wildman–Crippen LogP) is 0.407. The highest BCUT2D eigenvalue weighted by atomic mass is 16.5. The van der Waals surface area contributed by atoms with Gasteiger partial charge in [0.1, 0.15) is 0 Å². The second-order valence-electron chi connectivity index (χ2n) is 4.36. The van der Waals surface area contributed by atoms with E-state index >= 15 is 0 Å². The third-order valence-corrected chi connectivity index (χ3v) is 2.90. The molecule has 0 radical (unpaired) electrons. The van der Waals surface area contributed by atoms with Crippen molar-refractivity contribution in [2.24, 2.45) is 5.73 Å². The summed E-state index contributed by atoms with van der Waals surface area (Å²) in [4.78, 5) is 22.7. The number of carboxylic acids is 1. The molecule has 0 fully saturated rings. The molecule has 0 aliphatic heterocycles. The maximum Gasteiger partial charge on any atom is 0.306 e. The first-order valence-electron chi connectivity index (χ1n) is 6.39. The van der Waals surface area contributed by atoms with Crippen molar-refractivity contribution in [3.63, 3.8) is 0 Å². The molecule has 0 spiro atoms. The Morgan fingerprint density at radius 1 is 1.40 bits per heavy atom. The van der Waals surface area contributed by atoms with Gasteiger partial charge in [0.2, 0.25) is 0 Å². The van der Waals surface area contributed by atoms with Crippen LogP contribution in [0.1, 0.15) is 22.3 Å². The van der Waals surface area contributed by atoms with Gasteiger partial charge in [-0.2, -0.15) is 0 Å². The van der Waals surface area contributed by atoms with Crippen molar-refractivity contribution in [1.82, 2.24) is 5.32 Å². The maximum atomic E-state index is 12.1. The monoisotopic (exact) mass is 280 g/mol. The van der Waals surface area contributed by atoms with Crippen LogP contribution in [-0.2, 0) is 16.0 Å². The summed E-state index contributed by atoms with van der Waals surface area (Å²) in [5.74, 6) is -1.21. The van der Waals surface area contributed by atoms with Gasteiger partial charge in [0, 0.05) is 19.2 Å². The highest BCUT2D eigenvalue weighted by molar-refractivity contribution is 5.95. The van der Waals surface area contributed by atoms with Crippen molar-refractivity contribution in [1.29, 1.82) is 0 Å². The summed E-state index contributed by atoms with van der Waals surface area (Å²) in [6, 6.07) is 7.20. The van der Waals surface area contributed by atoms with E-state index in [9.17, 15) is 9.59 Å².